The zero-order chi connectivity index (χ0) is 15.3. The van der Waals surface area contributed by atoms with Crippen molar-refractivity contribution in [2.75, 3.05) is 10.6 Å². The summed E-state index contributed by atoms with van der Waals surface area (Å²) >= 11 is 0. The van der Waals surface area contributed by atoms with Gasteiger partial charge in [-0.2, -0.15) is 0 Å². The Morgan fingerprint density at radius 1 is 0.905 bits per heavy atom. The predicted octanol–water partition coefficient (Wildman–Crippen LogP) is 4.39. The summed E-state index contributed by atoms with van der Waals surface area (Å²) in [5.74, 6) is 0. The Morgan fingerprint density at radius 2 is 1.43 bits per heavy atom. The molecule has 0 heterocycles. The van der Waals surface area contributed by atoms with E-state index in [0.29, 0.717) is 6.42 Å². The largest absolute Gasteiger partial charge is 0.390 e. The minimum absolute atomic E-state index is 0.220. The summed E-state index contributed by atoms with van der Waals surface area (Å²) in [4.78, 5) is 0. The first-order valence-corrected chi connectivity index (χ1v) is 7.33. The third-order valence-electron chi connectivity index (χ3n) is 3.17. The van der Waals surface area contributed by atoms with Crippen LogP contribution in [0.4, 0.5) is 17.1 Å². The second-order valence-electron chi connectivity index (χ2n) is 6.13. The number of hydrogen-bond donors (Lipinski definition) is 3. The van der Waals surface area contributed by atoms with Gasteiger partial charge in [0.05, 0.1) is 5.60 Å². The summed E-state index contributed by atoms with van der Waals surface area (Å²) in [6.07, 6.45) is 0.705. The van der Waals surface area contributed by atoms with Crippen LogP contribution in [0.5, 0.6) is 0 Å². The predicted molar refractivity (Wildman–Crippen MR) is 90.2 cm³/mol. The zero-order valence-corrected chi connectivity index (χ0v) is 12.9. The van der Waals surface area contributed by atoms with E-state index in [1.165, 1.54) is 0 Å². The van der Waals surface area contributed by atoms with E-state index < -0.39 is 5.60 Å². The van der Waals surface area contributed by atoms with Gasteiger partial charge in [-0.1, -0.05) is 18.2 Å². The van der Waals surface area contributed by atoms with Gasteiger partial charge in [-0.15, -0.1) is 0 Å². The standard InChI is InChI=1S/C18H24N2O/c1-14(13-18(2,3)21)19-16-9-11-17(12-10-16)20-15-7-5-4-6-8-15/h4-12,14,19-21H,13H2,1-3H3. The Kier molecular flexibility index (Phi) is 4.86. The van der Waals surface area contributed by atoms with E-state index in [0.717, 1.165) is 17.1 Å². The van der Waals surface area contributed by atoms with Gasteiger partial charge in [0.2, 0.25) is 0 Å². The van der Waals surface area contributed by atoms with Crippen molar-refractivity contribution in [1.29, 1.82) is 0 Å². The van der Waals surface area contributed by atoms with Crippen LogP contribution in [0.2, 0.25) is 0 Å². The molecule has 3 N–H and O–H groups in total. The summed E-state index contributed by atoms with van der Waals surface area (Å²) < 4.78 is 0. The van der Waals surface area contributed by atoms with Crippen molar-refractivity contribution in [1.82, 2.24) is 0 Å². The van der Waals surface area contributed by atoms with Crippen LogP contribution in [-0.4, -0.2) is 16.7 Å². The molecule has 3 heteroatoms. The molecule has 1 atom stereocenters. The van der Waals surface area contributed by atoms with Crippen LogP contribution in [0.3, 0.4) is 0 Å². The minimum Gasteiger partial charge on any atom is -0.390 e. The molecule has 2 rings (SSSR count). The van der Waals surface area contributed by atoms with Crippen LogP contribution in [0.25, 0.3) is 0 Å². The third-order valence-corrected chi connectivity index (χ3v) is 3.17. The summed E-state index contributed by atoms with van der Waals surface area (Å²) in [7, 11) is 0. The number of para-hydroxylation sites is 1. The maximum atomic E-state index is 9.82. The fourth-order valence-corrected chi connectivity index (χ4v) is 2.42. The highest BCUT2D eigenvalue weighted by atomic mass is 16.3. The molecule has 0 bridgehead atoms. The van der Waals surface area contributed by atoms with E-state index in [1.54, 1.807) is 0 Å². The fraction of sp³-hybridized carbons (Fsp3) is 0.333. The molecule has 21 heavy (non-hydrogen) atoms. The molecule has 0 aliphatic carbocycles. The monoisotopic (exact) mass is 284 g/mol. The molecule has 2 aromatic rings. The minimum atomic E-state index is -0.652. The second kappa shape index (κ2) is 6.64. The molecule has 0 saturated heterocycles. The molecule has 0 fully saturated rings. The van der Waals surface area contributed by atoms with E-state index in [9.17, 15) is 5.11 Å². The highest BCUT2D eigenvalue weighted by Gasteiger charge is 2.16. The maximum Gasteiger partial charge on any atom is 0.0611 e. The van der Waals surface area contributed by atoms with Crippen LogP contribution in [0.1, 0.15) is 27.2 Å². The van der Waals surface area contributed by atoms with E-state index >= 15 is 0 Å². The van der Waals surface area contributed by atoms with Gasteiger partial charge in [-0.05, 0) is 63.6 Å². The molecule has 0 spiro atoms. The Balaban J connectivity index is 1.93. The molecule has 0 aliphatic heterocycles. The SMILES string of the molecule is CC(CC(C)(C)O)Nc1ccc(Nc2ccccc2)cc1. The highest BCUT2D eigenvalue weighted by molar-refractivity contribution is 5.62. The van der Waals surface area contributed by atoms with E-state index in [1.807, 2.05) is 68.4 Å². The Labute approximate surface area is 127 Å². The fourth-order valence-electron chi connectivity index (χ4n) is 2.42. The highest BCUT2D eigenvalue weighted by Crippen LogP contribution is 2.20. The van der Waals surface area contributed by atoms with Gasteiger partial charge in [0.25, 0.3) is 0 Å². The second-order valence-corrected chi connectivity index (χ2v) is 6.13. The first kappa shape index (κ1) is 15.4. The molecular formula is C18H24N2O. The van der Waals surface area contributed by atoms with E-state index in [-0.39, 0.29) is 6.04 Å². The van der Waals surface area contributed by atoms with Crippen LogP contribution >= 0.6 is 0 Å². The Bertz CT molecular complexity index is 544. The number of anilines is 3. The number of aliphatic hydroxyl groups is 1. The van der Waals surface area contributed by atoms with Gasteiger partial charge >= 0.3 is 0 Å². The number of nitrogens with one attached hydrogen (secondary N) is 2. The molecule has 1 unspecified atom stereocenters. The molecule has 2 aromatic carbocycles. The summed E-state index contributed by atoms with van der Waals surface area (Å²) in [5, 5.41) is 16.6. The van der Waals surface area contributed by atoms with Crippen molar-refractivity contribution in [3.63, 3.8) is 0 Å². The molecule has 112 valence electrons. The summed E-state index contributed by atoms with van der Waals surface area (Å²) in [5.41, 5.74) is 2.54. The van der Waals surface area contributed by atoms with Crippen molar-refractivity contribution >= 4 is 17.1 Å². The van der Waals surface area contributed by atoms with Crippen molar-refractivity contribution < 1.29 is 5.11 Å². The summed E-state index contributed by atoms with van der Waals surface area (Å²) in [6.45, 7) is 5.74. The molecule has 0 aromatic heterocycles. The first-order chi connectivity index (χ1) is 9.92. The summed E-state index contributed by atoms with van der Waals surface area (Å²) in [6, 6.07) is 18.5. The van der Waals surface area contributed by atoms with Crippen molar-refractivity contribution in [2.24, 2.45) is 0 Å². The molecule has 0 amide bonds. The normalized spacial score (nSPS) is 12.8. The molecule has 0 aliphatic rings. The lowest BCUT2D eigenvalue weighted by molar-refractivity contribution is 0.0673. The van der Waals surface area contributed by atoms with Gasteiger partial charge < -0.3 is 15.7 Å². The average molecular weight is 284 g/mol. The molecule has 0 radical (unpaired) electrons. The van der Waals surface area contributed by atoms with Crippen LogP contribution in [0.15, 0.2) is 54.6 Å². The Hall–Kier alpha value is -2.00. The van der Waals surface area contributed by atoms with Gasteiger partial charge in [-0.25, -0.2) is 0 Å². The van der Waals surface area contributed by atoms with Crippen molar-refractivity contribution in [3.05, 3.63) is 54.6 Å². The number of benzene rings is 2. The number of hydrogen-bond acceptors (Lipinski definition) is 3. The van der Waals surface area contributed by atoms with Crippen LogP contribution < -0.4 is 10.6 Å². The molecule has 3 nitrogen and oxygen atoms in total. The number of rotatable bonds is 6. The molecule has 0 saturated carbocycles. The third kappa shape index (κ3) is 5.48. The maximum absolute atomic E-state index is 9.82. The van der Waals surface area contributed by atoms with Gasteiger partial charge in [0.15, 0.2) is 0 Å². The van der Waals surface area contributed by atoms with Crippen molar-refractivity contribution in [3.8, 4) is 0 Å². The lowest BCUT2D eigenvalue weighted by atomic mass is 10.0. The van der Waals surface area contributed by atoms with E-state index in [2.05, 4.69) is 17.6 Å². The topological polar surface area (TPSA) is 44.3 Å². The van der Waals surface area contributed by atoms with Gasteiger partial charge in [-0.3, -0.25) is 0 Å². The smallest absolute Gasteiger partial charge is 0.0611 e. The van der Waals surface area contributed by atoms with Crippen LogP contribution in [-0.2, 0) is 0 Å². The van der Waals surface area contributed by atoms with Gasteiger partial charge in [0, 0.05) is 23.1 Å². The van der Waals surface area contributed by atoms with E-state index in [4.69, 9.17) is 0 Å². The van der Waals surface area contributed by atoms with Gasteiger partial charge in [0.1, 0.15) is 0 Å². The lowest BCUT2D eigenvalue weighted by Gasteiger charge is -2.23. The van der Waals surface area contributed by atoms with Crippen molar-refractivity contribution in [2.45, 2.75) is 38.8 Å². The first-order valence-electron chi connectivity index (χ1n) is 7.33. The lowest BCUT2D eigenvalue weighted by Crippen LogP contribution is -2.29. The zero-order valence-electron chi connectivity index (χ0n) is 12.9. The Morgan fingerprint density at radius 3 is 2.00 bits per heavy atom. The van der Waals surface area contributed by atoms with Crippen LogP contribution in [0, 0.1) is 0 Å². The molecular weight excluding hydrogens is 260 g/mol. The quantitative estimate of drug-likeness (QED) is 0.737. The average Bonchev–Trinajstić information content (AvgIpc) is 2.40.